The number of aromatic nitrogens is 3. The van der Waals surface area contributed by atoms with E-state index >= 15 is 0 Å². The molecular weight excluding hydrogens is 370 g/mol. The van der Waals surface area contributed by atoms with Gasteiger partial charge in [0.05, 0.1) is 5.25 Å². The summed E-state index contributed by atoms with van der Waals surface area (Å²) >= 11 is 4.63. The number of aryl methyl sites for hydroxylation is 1. The number of para-hydroxylation sites is 1. The summed E-state index contributed by atoms with van der Waals surface area (Å²) in [4.78, 5) is 16.3. The summed E-state index contributed by atoms with van der Waals surface area (Å²) in [5.74, 6) is 0.953. The van der Waals surface area contributed by atoms with Crippen LogP contribution in [0, 0.1) is 6.92 Å². The zero-order valence-corrected chi connectivity index (χ0v) is 16.8. The van der Waals surface area contributed by atoms with Gasteiger partial charge in [-0.1, -0.05) is 65.2 Å². The van der Waals surface area contributed by atoms with E-state index in [9.17, 15) is 4.79 Å². The predicted octanol–water partition coefficient (Wildman–Crippen LogP) is 5.36. The third kappa shape index (κ3) is 4.16. The van der Waals surface area contributed by atoms with E-state index in [-0.39, 0.29) is 11.0 Å². The number of aromatic amines is 1. The van der Waals surface area contributed by atoms with Crippen molar-refractivity contribution < 1.29 is 4.79 Å². The molecule has 0 spiro atoms. The molecule has 0 aliphatic carbocycles. The summed E-state index contributed by atoms with van der Waals surface area (Å²) in [5, 5.41) is 9.15. The first kappa shape index (κ1) is 18.2. The quantitative estimate of drug-likeness (QED) is 0.335. The van der Waals surface area contributed by atoms with Gasteiger partial charge in [-0.05, 0) is 26.8 Å². The van der Waals surface area contributed by atoms with Gasteiger partial charge in [0.25, 0.3) is 0 Å². The van der Waals surface area contributed by atoms with Gasteiger partial charge in [-0.3, -0.25) is 4.79 Å². The second-order valence-electron chi connectivity index (χ2n) is 5.87. The Kier molecular flexibility index (Phi) is 5.66. The van der Waals surface area contributed by atoms with Gasteiger partial charge in [0.2, 0.25) is 0 Å². The maximum atomic E-state index is 13.0. The van der Waals surface area contributed by atoms with Crippen LogP contribution in [0.3, 0.4) is 0 Å². The van der Waals surface area contributed by atoms with Crippen molar-refractivity contribution in [3.8, 4) is 0 Å². The lowest BCUT2D eigenvalue weighted by Crippen LogP contribution is -2.14. The highest BCUT2D eigenvalue weighted by Gasteiger charge is 2.23. The molecule has 0 amide bonds. The highest BCUT2D eigenvalue weighted by Crippen LogP contribution is 2.34. The third-order valence-electron chi connectivity index (χ3n) is 3.62. The predicted molar refractivity (Wildman–Crippen MR) is 108 cm³/mol. The van der Waals surface area contributed by atoms with Crippen molar-refractivity contribution in [1.29, 1.82) is 0 Å². The van der Waals surface area contributed by atoms with Crippen LogP contribution in [-0.2, 0) is 0 Å². The smallest absolute Gasteiger partial charge is 0.178 e. The molecular formula is C18H19N3OS3. The van der Waals surface area contributed by atoms with E-state index in [2.05, 4.69) is 21.8 Å². The largest absolute Gasteiger partial charge is 0.358 e. The second-order valence-corrected chi connectivity index (χ2v) is 9.66. The standard InChI is InChI=1S/C18H19N3OS3/c1-10(2)9-23-17-20-21-18(25-17)24-12(4)16(22)15-11(3)19-14-8-6-5-7-13(14)15/h5-8,12,19H,1,9H2,2-4H3/t12-/m1/s1. The number of fused-ring (bicyclic) bond motifs is 1. The fourth-order valence-electron chi connectivity index (χ4n) is 2.49. The van der Waals surface area contributed by atoms with Crippen molar-refractivity contribution in [2.24, 2.45) is 0 Å². The molecule has 0 saturated carbocycles. The minimum Gasteiger partial charge on any atom is -0.358 e. The Morgan fingerprint density at radius 3 is 2.80 bits per heavy atom. The average molecular weight is 390 g/mol. The lowest BCUT2D eigenvalue weighted by atomic mass is 10.1. The van der Waals surface area contributed by atoms with Crippen molar-refractivity contribution >= 4 is 51.5 Å². The number of carbonyl (C=O) groups is 1. The van der Waals surface area contributed by atoms with E-state index in [0.717, 1.165) is 42.2 Å². The first-order chi connectivity index (χ1) is 12.0. The van der Waals surface area contributed by atoms with Crippen LogP contribution in [0.5, 0.6) is 0 Å². The van der Waals surface area contributed by atoms with Crippen LogP contribution in [-0.4, -0.2) is 32.0 Å². The first-order valence-corrected chi connectivity index (χ1v) is 10.5. The van der Waals surface area contributed by atoms with Crippen molar-refractivity contribution in [2.75, 3.05) is 5.75 Å². The number of H-pyrrole nitrogens is 1. The topological polar surface area (TPSA) is 58.6 Å². The Hall–Kier alpha value is -1.57. The molecule has 3 rings (SSSR count). The number of nitrogens with zero attached hydrogens (tertiary/aromatic N) is 2. The van der Waals surface area contributed by atoms with E-state index in [0.29, 0.717) is 0 Å². The maximum Gasteiger partial charge on any atom is 0.178 e. The third-order valence-corrected chi connectivity index (χ3v) is 7.09. The van der Waals surface area contributed by atoms with Crippen LogP contribution in [0.25, 0.3) is 10.9 Å². The molecule has 2 heterocycles. The number of hydrogen-bond acceptors (Lipinski definition) is 6. The fourth-order valence-corrected chi connectivity index (χ4v) is 5.56. The molecule has 130 valence electrons. The molecule has 3 aromatic rings. The van der Waals surface area contributed by atoms with Gasteiger partial charge in [-0.15, -0.1) is 10.2 Å². The molecule has 1 aromatic carbocycles. The van der Waals surface area contributed by atoms with E-state index in [1.54, 1.807) is 11.8 Å². The van der Waals surface area contributed by atoms with Gasteiger partial charge in [0.15, 0.2) is 14.5 Å². The Bertz CT molecular complexity index is 929. The Morgan fingerprint density at radius 1 is 1.32 bits per heavy atom. The van der Waals surface area contributed by atoms with Gasteiger partial charge in [-0.25, -0.2) is 0 Å². The van der Waals surface area contributed by atoms with Gasteiger partial charge in [0.1, 0.15) is 0 Å². The Balaban J connectivity index is 1.74. The van der Waals surface area contributed by atoms with Crippen molar-refractivity contribution in [2.45, 2.75) is 34.7 Å². The Labute approximate surface area is 159 Å². The molecule has 0 radical (unpaired) electrons. The average Bonchev–Trinajstić information content (AvgIpc) is 3.15. The number of Topliss-reactive ketones (excluding diaryl/α,β-unsaturated/α-hetero) is 1. The summed E-state index contributed by atoms with van der Waals surface area (Å²) in [6.07, 6.45) is 0. The van der Waals surface area contributed by atoms with Crippen LogP contribution in [0.2, 0.25) is 0 Å². The highest BCUT2D eigenvalue weighted by atomic mass is 32.2. The Morgan fingerprint density at radius 2 is 2.04 bits per heavy atom. The number of rotatable bonds is 7. The maximum absolute atomic E-state index is 13.0. The molecule has 0 aliphatic heterocycles. The van der Waals surface area contributed by atoms with Crippen LogP contribution in [0.15, 0.2) is 45.1 Å². The van der Waals surface area contributed by atoms with Crippen LogP contribution < -0.4 is 0 Å². The van der Waals surface area contributed by atoms with E-state index in [1.165, 1.54) is 23.1 Å². The molecule has 0 aliphatic rings. The molecule has 0 bridgehead atoms. The van der Waals surface area contributed by atoms with Gasteiger partial charge in [0, 0.05) is 27.9 Å². The highest BCUT2D eigenvalue weighted by molar-refractivity contribution is 8.04. The van der Waals surface area contributed by atoms with Gasteiger partial charge < -0.3 is 4.98 Å². The summed E-state index contributed by atoms with van der Waals surface area (Å²) in [5.41, 5.74) is 3.79. The van der Waals surface area contributed by atoms with Crippen molar-refractivity contribution in [1.82, 2.24) is 15.2 Å². The molecule has 2 aromatic heterocycles. The van der Waals surface area contributed by atoms with E-state index < -0.39 is 0 Å². The molecule has 1 atom stereocenters. The molecule has 0 saturated heterocycles. The monoisotopic (exact) mass is 389 g/mol. The normalized spacial score (nSPS) is 12.4. The molecule has 0 unspecified atom stereocenters. The lowest BCUT2D eigenvalue weighted by Gasteiger charge is -2.08. The zero-order valence-electron chi connectivity index (χ0n) is 14.3. The number of ketones is 1. The number of nitrogens with one attached hydrogen (secondary N) is 1. The van der Waals surface area contributed by atoms with Gasteiger partial charge in [-0.2, -0.15) is 0 Å². The summed E-state index contributed by atoms with van der Waals surface area (Å²) < 4.78 is 1.73. The molecule has 0 fully saturated rings. The fraction of sp³-hybridized carbons (Fsp3) is 0.278. The minimum absolute atomic E-state index is 0.117. The first-order valence-electron chi connectivity index (χ1n) is 7.84. The van der Waals surface area contributed by atoms with E-state index in [4.69, 9.17) is 0 Å². The summed E-state index contributed by atoms with van der Waals surface area (Å²) in [6.45, 7) is 9.76. The summed E-state index contributed by atoms with van der Waals surface area (Å²) in [6, 6.07) is 7.91. The lowest BCUT2D eigenvalue weighted by molar-refractivity contribution is 0.0995. The van der Waals surface area contributed by atoms with Gasteiger partial charge >= 0.3 is 0 Å². The number of thioether (sulfide) groups is 2. The number of carbonyl (C=O) groups excluding carboxylic acids is 1. The minimum atomic E-state index is -0.218. The molecule has 4 nitrogen and oxygen atoms in total. The summed E-state index contributed by atoms with van der Waals surface area (Å²) in [7, 11) is 0. The van der Waals surface area contributed by atoms with Crippen molar-refractivity contribution in [3.05, 3.63) is 47.7 Å². The SMILES string of the molecule is C=C(C)CSc1nnc(S[C@H](C)C(=O)c2c(C)[nH]c3ccccc23)s1. The molecule has 1 N–H and O–H groups in total. The van der Waals surface area contributed by atoms with Crippen molar-refractivity contribution in [3.63, 3.8) is 0 Å². The van der Waals surface area contributed by atoms with Crippen LogP contribution >= 0.6 is 34.9 Å². The number of hydrogen-bond donors (Lipinski definition) is 1. The number of benzene rings is 1. The zero-order chi connectivity index (χ0) is 18.0. The van der Waals surface area contributed by atoms with Crippen LogP contribution in [0.4, 0.5) is 0 Å². The second kappa shape index (κ2) is 7.76. The molecule has 25 heavy (non-hydrogen) atoms. The van der Waals surface area contributed by atoms with Crippen LogP contribution in [0.1, 0.15) is 29.9 Å². The van der Waals surface area contributed by atoms with E-state index in [1.807, 2.05) is 45.0 Å². The molecule has 7 heteroatoms.